The summed E-state index contributed by atoms with van der Waals surface area (Å²) in [5.41, 5.74) is 0.409. The molecule has 21 heavy (non-hydrogen) atoms. The third-order valence-corrected chi connectivity index (χ3v) is 2.48. The second-order valence-corrected chi connectivity index (χ2v) is 4.13. The first-order chi connectivity index (χ1) is 10.1. The minimum atomic E-state index is -0.784. The van der Waals surface area contributed by atoms with E-state index in [4.69, 9.17) is 10.00 Å². The number of benzene rings is 2. The number of nitriles is 1. The molecule has 2 aromatic carbocycles. The predicted molar refractivity (Wildman–Crippen MR) is 71.6 cm³/mol. The first-order valence-corrected chi connectivity index (χ1v) is 5.96. The van der Waals surface area contributed by atoms with Gasteiger partial charge in [0.25, 0.3) is 5.91 Å². The maximum atomic E-state index is 13.0. The smallest absolute Gasteiger partial charge is 0.262 e. The summed E-state index contributed by atoms with van der Waals surface area (Å²) in [6.45, 7) is -0.340. The number of carbonyl (C=O) groups excluding carboxylic acids is 1. The lowest BCUT2D eigenvalue weighted by Gasteiger charge is -2.08. The van der Waals surface area contributed by atoms with Gasteiger partial charge in [-0.15, -0.1) is 0 Å². The van der Waals surface area contributed by atoms with Crippen molar-refractivity contribution in [2.75, 3.05) is 11.9 Å². The Bertz CT molecular complexity index is 691. The zero-order valence-electron chi connectivity index (χ0n) is 10.8. The topological polar surface area (TPSA) is 62.1 Å². The second-order valence-electron chi connectivity index (χ2n) is 4.13. The summed E-state index contributed by atoms with van der Waals surface area (Å²) in [5.74, 6) is -1.78. The van der Waals surface area contributed by atoms with Crippen molar-refractivity contribution in [3.8, 4) is 11.8 Å². The van der Waals surface area contributed by atoms with Crippen molar-refractivity contribution < 1.29 is 18.3 Å². The standard InChI is InChI=1S/C15H10F2N2O2/c16-11-5-12(17)7-13(6-11)19-15(20)9-21-14-3-1-2-10(4-14)8-18/h1-7H,9H2,(H,19,20). The van der Waals surface area contributed by atoms with Crippen LogP contribution in [0.5, 0.6) is 5.75 Å². The van der Waals surface area contributed by atoms with Crippen molar-refractivity contribution in [2.24, 2.45) is 0 Å². The van der Waals surface area contributed by atoms with Gasteiger partial charge in [0.05, 0.1) is 11.6 Å². The monoisotopic (exact) mass is 288 g/mol. The number of hydrogen-bond acceptors (Lipinski definition) is 3. The second kappa shape index (κ2) is 6.48. The molecule has 0 radical (unpaired) electrons. The highest BCUT2D eigenvalue weighted by molar-refractivity contribution is 5.91. The number of amides is 1. The largest absolute Gasteiger partial charge is 0.484 e. The number of hydrogen-bond donors (Lipinski definition) is 1. The van der Waals surface area contributed by atoms with Gasteiger partial charge in [-0.25, -0.2) is 8.78 Å². The lowest BCUT2D eigenvalue weighted by Crippen LogP contribution is -2.20. The molecule has 4 nitrogen and oxygen atoms in total. The minimum absolute atomic E-state index is 0.00637. The first kappa shape index (κ1) is 14.5. The molecule has 0 saturated carbocycles. The van der Waals surface area contributed by atoms with Gasteiger partial charge in [-0.1, -0.05) is 6.07 Å². The molecule has 1 amide bonds. The van der Waals surface area contributed by atoms with Crippen LogP contribution in [0.4, 0.5) is 14.5 Å². The summed E-state index contributed by atoms with van der Waals surface area (Å²) in [6, 6.07) is 10.9. The van der Waals surface area contributed by atoms with Gasteiger partial charge in [0.15, 0.2) is 6.61 Å². The highest BCUT2D eigenvalue weighted by Crippen LogP contribution is 2.14. The van der Waals surface area contributed by atoms with Crippen molar-refractivity contribution in [1.29, 1.82) is 5.26 Å². The lowest BCUT2D eigenvalue weighted by atomic mass is 10.2. The van der Waals surface area contributed by atoms with Gasteiger partial charge >= 0.3 is 0 Å². The molecule has 0 aliphatic carbocycles. The van der Waals surface area contributed by atoms with Crippen LogP contribution in [0.3, 0.4) is 0 Å². The summed E-state index contributed by atoms with van der Waals surface area (Å²) in [4.78, 5) is 11.6. The zero-order chi connectivity index (χ0) is 15.2. The highest BCUT2D eigenvalue weighted by Gasteiger charge is 2.06. The van der Waals surface area contributed by atoms with Crippen LogP contribution in [-0.2, 0) is 4.79 Å². The normalized spacial score (nSPS) is 9.76. The number of halogens is 2. The van der Waals surface area contributed by atoms with E-state index < -0.39 is 17.5 Å². The maximum Gasteiger partial charge on any atom is 0.262 e. The van der Waals surface area contributed by atoms with E-state index in [1.165, 1.54) is 6.07 Å². The number of ether oxygens (including phenoxy) is 1. The summed E-state index contributed by atoms with van der Waals surface area (Å²) in [6.07, 6.45) is 0. The van der Waals surface area contributed by atoms with Crippen molar-refractivity contribution in [2.45, 2.75) is 0 Å². The molecule has 0 unspecified atom stereocenters. The quantitative estimate of drug-likeness (QED) is 0.941. The van der Waals surface area contributed by atoms with E-state index in [0.717, 1.165) is 12.1 Å². The fourth-order valence-corrected chi connectivity index (χ4v) is 1.63. The Morgan fingerprint density at radius 3 is 2.57 bits per heavy atom. The van der Waals surface area contributed by atoms with E-state index in [1.54, 1.807) is 18.2 Å². The van der Waals surface area contributed by atoms with Gasteiger partial charge in [-0.3, -0.25) is 4.79 Å². The van der Waals surface area contributed by atoms with Gasteiger partial charge < -0.3 is 10.1 Å². The average molecular weight is 288 g/mol. The molecule has 0 fully saturated rings. The lowest BCUT2D eigenvalue weighted by molar-refractivity contribution is -0.118. The van der Waals surface area contributed by atoms with Crippen LogP contribution in [-0.4, -0.2) is 12.5 Å². The molecule has 106 valence electrons. The van der Waals surface area contributed by atoms with Gasteiger partial charge in [0.1, 0.15) is 17.4 Å². The molecule has 0 aliphatic rings. The summed E-state index contributed by atoms with van der Waals surface area (Å²) < 4.78 is 31.1. The molecule has 0 saturated heterocycles. The van der Waals surface area contributed by atoms with Crippen LogP contribution in [0.15, 0.2) is 42.5 Å². The SMILES string of the molecule is N#Cc1cccc(OCC(=O)Nc2cc(F)cc(F)c2)c1. The Labute approximate surface area is 119 Å². The molecular weight excluding hydrogens is 278 g/mol. The minimum Gasteiger partial charge on any atom is -0.484 e. The van der Waals surface area contributed by atoms with Gasteiger partial charge in [0, 0.05) is 11.8 Å². The average Bonchev–Trinajstić information content (AvgIpc) is 2.44. The fraction of sp³-hybridized carbons (Fsp3) is 0.0667. The van der Waals surface area contributed by atoms with Crippen LogP contribution in [0, 0.1) is 23.0 Å². The molecule has 0 heterocycles. The fourth-order valence-electron chi connectivity index (χ4n) is 1.63. The molecular formula is C15H10F2N2O2. The van der Waals surface area contributed by atoms with E-state index in [1.807, 2.05) is 6.07 Å². The Morgan fingerprint density at radius 2 is 1.90 bits per heavy atom. The Morgan fingerprint density at radius 1 is 1.19 bits per heavy atom. The van der Waals surface area contributed by atoms with Gasteiger partial charge in [0.2, 0.25) is 0 Å². The molecule has 0 aliphatic heterocycles. The van der Waals surface area contributed by atoms with Crippen molar-refractivity contribution in [3.05, 3.63) is 59.7 Å². The number of carbonyl (C=O) groups is 1. The van der Waals surface area contributed by atoms with E-state index in [9.17, 15) is 13.6 Å². The molecule has 2 aromatic rings. The Hall–Kier alpha value is -2.94. The summed E-state index contributed by atoms with van der Waals surface area (Å²) in [5, 5.41) is 11.0. The predicted octanol–water partition coefficient (Wildman–Crippen LogP) is 2.85. The molecule has 0 atom stereocenters. The van der Waals surface area contributed by atoms with Crippen LogP contribution >= 0.6 is 0 Å². The molecule has 2 rings (SSSR count). The third-order valence-electron chi connectivity index (χ3n) is 2.48. The molecule has 1 N–H and O–H groups in total. The molecule has 6 heteroatoms. The summed E-state index contributed by atoms with van der Waals surface area (Å²) >= 11 is 0. The number of nitrogens with zero attached hydrogens (tertiary/aromatic N) is 1. The van der Waals surface area contributed by atoms with Gasteiger partial charge in [-0.2, -0.15) is 5.26 Å². The van der Waals surface area contributed by atoms with Crippen molar-refractivity contribution in [1.82, 2.24) is 0 Å². The van der Waals surface area contributed by atoms with E-state index in [2.05, 4.69) is 5.32 Å². The van der Waals surface area contributed by atoms with Crippen LogP contribution < -0.4 is 10.1 Å². The third kappa shape index (κ3) is 4.28. The maximum absolute atomic E-state index is 13.0. The van der Waals surface area contributed by atoms with Crippen LogP contribution in [0.25, 0.3) is 0 Å². The zero-order valence-corrected chi connectivity index (χ0v) is 10.8. The van der Waals surface area contributed by atoms with Crippen molar-refractivity contribution in [3.63, 3.8) is 0 Å². The van der Waals surface area contributed by atoms with E-state index in [0.29, 0.717) is 17.4 Å². The Kier molecular flexibility index (Phi) is 4.46. The first-order valence-electron chi connectivity index (χ1n) is 5.96. The number of nitrogens with one attached hydrogen (secondary N) is 1. The van der Waals surface area contributed by atoms with E-state index >= 15 is 0 Å². The summed E-state index contributed by atoms with van der Waals surface area (Å²) in [7, 11) is 0. The van der Waals surface area contributed by atoms with Crippen molar-refractivity contribution >= 4 is 11.6 Å². The van der Waals surface area contributed by atoms with Gasteiger partial charge in [-0.05, 0) is 30.3 Å². The molecule has 0 bridgehead atoms. The number of anilines is 1. The van der Waals surface area contributed by atoms with Crippen LogP contribution in [0.1, 0.15) is 5.56 Å². The number of rotatable bonds is 4. The Balaban J connectivity index is 1.94. The highest BCUT2D eigenvalue weighted by atomic mass is 19.1. The van der Waals surface area contributed by atoms with E-state index in [-0.39, 0.29) is 12.3 Å². The molecule has 0 aromatic heterocycles. The van der Waals surface area contributed by atoms with Crippen LogP contribution in [0.2, 0.25) is 0 Å². The molecule has 0 spiro atoms.